The number of likely N-dealkylation sites (N-methyl/N-ethyl adjacent to an activating group) is 1. The van der Waals surface area contributed by atoms with Crippen molar-refractivity contribution in [2.24, 2.45) is 11.8 Å². The van der Waals surface area contributed by atoms with Crippen LogP contribution in [0.25, 0.3) is 0 Å². The van der Waals surface area contributed by atoms with Gasteiger partial charge in [0, 0.05) is 45.6 Å². The molecule has 2 unspecified atom stereocenters. The first-order valence-corrected chi connectivity index (χ1v) is 25.3. The molecule has 2 atom stereocenters. The first-order valence-electron chi connectivity index (χ1n) is 25.3. The smallest absolute Gasteiger partial charge is 0.305 e. The topological polar surface area (TPSA) is 68.3 Å². The molecule has 7 heteroatoms. The van der Waals surface area contributed by atoms with Crippen LogP contribution in [0.3, 0.4) is 0 Å². The van der Waals surface area contributed by atoms with Crippen LogP contribution in [0.2, 0.25) is 0 Å². The fraction of sp³-hybridized carbons (Fsp3) is 0.960. The number of nitrogens with zero attached hydrogens (tertiary/aromatic N) is 2. The lowest BCUT2D eigenvalue weighted by molar-refractivity contribution is -0.145. The molecule has 2 fully saturated rings. The molecule has 0 spiro atoms. The second kappa shape index (κ2) is 37.8. The van der Waals surface area contributed by atoms with Crippen molar-refractivity contribution in [2.45, 2.75) is 238 Å². The summed E-state index contributed by atoms with van der Waals surface area (Å²) in [6.07, 6.45) is 40.5. The summed E-state index contributed by atoms with van der Waals surface area (Å²) in [6.45, 7) is 12.7. The minimum absolute atomic E-state index is 0.00901. The molecule has 2 rings (SSSR count). The number of piperazine rings is 1. The number of rotatable bonds is 12. The molecule has 0 aromatic carbocycles. The molecule has 0 bridgehead atoms. The average Bonchev–Trinajstić information content (AvgIpc) is 3.21. The summed E-state index contributed by atoms with van der Waals surface area (Å²) in [4.78, 5) is 30.1. The summed E-state index contributed by atoms with van der Waals surface area (Å²) >= 11 is 0. The Bertz CT molecular complexity index is 853. The molecule has 0 aliphatic carbocycles. The highest BCUT2D eigenvalue weighted by Crippen LogP contribution is 2.24. The summed E-state index contributed by atoms with van der Waals surface area (Å²) in [6, 6.07) is 0. The maximum atomic E-state index is 12.5. The van der Waals surface area contributed by atoms with Crippen molar-refractivity contribution in [3.8, 4) is 0 Å². The largest absolute Gasteiger partial charge is 0.466 e. The van der Waals surface area contributed by atoms with Gasteiger partial charge in [0.05, 0.1) is 19.3 Å². The van der Waals surface area contributed by atoms with Gasteiger partial charge in [-0.2, -0.15) is 0 Å². The molecule has 0 radical (unpaired) electrons. The van der Waals surface area contributed by atoms with E-state index in [9.17, 15) is 9.59 Å². The van der Waals surface area contributed by atoms with E-state index in [0.717, 1.165) is 45.1 Å². The Morgan fingerprint density at radius 1 is 0.509 bits per heavy atom. The predicted octanol–water partition coefficient (Wildman–Crippen LogP) is 13.3. The lowest BCUT2D eigenvalue weighted by Crippen LogP contribution is -2.44. The summed E-state index contributed by atoms with van der Waals surface area (Å²) in [5.41, 5.74) is 0. The van der Waals surface area contributed by atoms with Crippen LogP contribution in [0.5, 0.6) is 0 Å². The van der Waals surface area contributed by atoms with Crippen LogP contribution in [0.4, 0.5) is 0 Å². The Labute approximate surface area is 354 Å². The lowest BCUT2D eigenvalue weighted by atomic mass is 9.90. The molecule has 0 saturated carbocycles. The van der Waals surface area contributed by atoms with E-state index in [0.29, 0.717) is 44.0 Å². The second-order valence-corrected chi connectivity index (χ2v) is 18.4. The zero-order chi connectivity index (χ0) is 40.9. The van der Waals surface area contributed by atoms with Crippen LogP contribution in [0, 0.1) is 11.8 Å². The third-order valence-corrected chi connectivity index (χ3v) is 13.1. The van der Waals surface area contributed by atoms with Crippen LogP contribution in [0.15, 0.2) is 0 Å². The molecule has 0 amide bonds. The quantitative estimate of drug-likeness (QED) is 0.144. The van der Waals surface area contributed by atoms with Crippen molar-refractivity contribution in [3.63, 3.8) is 0 Å². The number of hydrogen-bond donors (Lipinski definition) is 0. The van der Waals surface area contributed by atoms with Gasteiger partial charge in [-0.25, -0.2) is 0 Å². The first-order chi connectivity index (χ1) is 28.0. The lowest BCUT2D eigenvalue weighted by Gasteiger charge is -2.32. The predicted molar refractivity (Wildman–Crippen MR) is 241 cm³/mol. The molecule has 0 aromatic rings. The van der Waals surface area contributed by atoms with Crippen molar-refractivity contribution in [1.29, 1.82) is 0 Å². The Morgan fingerprint density at radius 3 is 1.39 bits per heavy atom. The van der Waals surface area contributed by atoms with E-state index < -0.39 is 0 Å². The van der Waals surface area contributed by atoms with E-state index in [1.807, 2.05) is 0 Å². The minimum Gasteiger partial charge on any atom is -0.466 e. The van der Waals surface area contributed by atoms with Gasteiger partial charge in [0.2, 0.25) is 0 Å². The Hall–Kier alpha value is -1.18. The van der Waals surface area contributed by atoms with Crippen molar-refractivity contribution in [3.05, 3.63) is 0 Å². The molecular formula is C50H96N2O5. The zero-order valence-corrected chi connectivity index (χ0v) is 38.4. The molecule has 2 heterocycles. The molecular weight excluding hydrogens is 709 g/mol. The number of esters is 2. The van der Waals surface area contributed by atoms with E-state index in [4.69, 9.17) is 14.2 Å². The number of carbonyl (C=O) groups is 2. The number of unbranched alkanes of at least 4 members (excludes halogenated alkanes) is 3. The van der Waals surface area contributed by atoms with E-state index in [-0.39, 0.29) is 11.9 Å². The molecule has 2 aliphatic rings. The highest BCUT2D eigenvalue weighted by Gasteiger charge is 2.15. The average molecular weight is 805 g/mol. The molecule has 2 aliphatic heterocycles. The van der Waals surface area contributed by atoms with Gasteiger partial charge in [0.25, 0.3) is 0 Å². The fourth-order valence-corrected chi connectivity index (χ4v) is 9.01. The van der Waals surface area contributed by atoms with Gasteiger partial charge in [-0.1, -0.05) is 168 Å². The fourth-order valence-electron chi connectivity index (χ4n) is 9.01. The van der Waals surface area contributed by atoms with Crippen LogP contribution < -0.4 is 0 Å². The van der Waals surface area contributed by atoms with E-state index in [2.05, 4.69) is 30.7 Å². The Balaban J connectivity index is 1.78. The maximum absolute atomic E-state index is 12.5. The van der Waals surface area contributed by atoms with Gasteiger partial charge in [-0.3, -0.25) is 9.59 Å². The molecule has 7 nitrogen and oxygen atoms in total. The van der Waals surface area contributed by atoms with Gasteiger partial charge >= 0.3 is 11.9 Å². The first kappa shape index (κ1) is 52.0. The second-order valence-electron chi connectivity index (χ2n) is 18.4. The summed E-state index contributed by atoms with van der Waals surface area (Å²) in [5, 5.41) is 0. The monoisotopic (exact) mass is 805 g/mol. The molecule has 0 N–H and O–H groups in total. The van der Waals surface area contributed by atoms with Crippen LogP contribution in [0.1, 0.15) is 232 Å². The standard InChI is InChI=1S/C50H96N2O5/c1-4-6-28-46-30-20-18-19-21-31-47(29-7-5-2)37-45-57-50(54)35-25-17-13-9-11-15-23-33-48(55-43-27-26-38-52-41-39-51(3)40-42-52)32-22-14-10-8-12-16-24-34-49(53)56-44-36-46/h46-48H,4-45H2,1-3H3. The van der Waals surface area contributed by atoms with Gasteiger partial charge in [-0.05, 0) is 76.8 Å². The minimum atomic E-state index is 0.00901. The molecule has 0 aromatic heterocycles. The summed E-state index contributed by atoms with van der Waals surface area (Å²) in [5.74, 6) is 1.37. The van der Waals surface area contributed by atoms with Crippen LogP contribution in [-0.4, -0.2) is 87.4 Å². The number of cyclic esters (lactones) is 2. The summed E-state index contributed by atoms with van der Waals surface area (Å²) < 4.78 is 18.0. The number of ether oxygens (including phenoxy) is 3. The van der Waals surface area contributed by atoms with Gasteiger partial charge < -0.3 is 24.0 Å². The third kappa shape index (κ3) is 31.4. The zero-order valence-electron chi connectivity index (χ0n) is 38.4. The Morgan fingerprint density at radius 2 is 0.930 bits per heavy atom. The molecule has 336 valence electrons. The van der Waals surface area contributed by atoms with Gasteiger partial charge in [0.15, 0.2) is 0 Å². The normalized spacial score (nSPS) is 25.4. The van der Waals surface area contributed by atoms with E-state index >= 15 is 0 Å². The molecule has 2 saturated heterocycles. The number of carbonyl (C=O) groups excluding carboxylic acids is 2. The van der Waals surface area contributed by atoms with Gasteiger partial charge in [-0.15, -0.1) is 0 Å². The van der Waals surface area contributed by atoms with Crippen LogP contribution in [-0.2, 0) is 23.8 Å². The SMILES string of the molecule is CCCCC1CCCCCCC(CCCC)CCOC(=O)CCCCCCCCCC(OCCCCN2CCN(C)CC2)CCCCCCCCCC(=O)OCC1. The highest BCUT2D eigenvalue weighted by molar-refractivity contribution is 5.69. The highest BCUT2D eigenvalue weighted by atomic mass is 16.5. The summed E-state index contributed by atoms with van der Waals surface area (Å²) in [7, 11) is 2.23. The maximum Gasteiger partial charge on any atom is 0.305 e. The van der Waals surface area contributed by atoms with Crippen molar-refractivity contribution < 1.29 is 23.8 Å². The van der Waals surface area contributed by atoms with Crippen molar-refractivity contribution >= 4 is 11.9 Å². The van der Waals surface area contributed by atoms with E-state index in [1.54, 1.807) is 0 Å². The van der Waals surface area contributed by atoms with Crippen molar-refractivity contribution in [2.75, 3.05) is 59.6 Å². The van der Waals surface area contributed by atoms with Crippen molar-refractivity contribution in [1.82, 2.24) is 9.80 Å². The Kier molecular flexibility index (Phi) is 34.5. The molecule has 57 heavy (non-hydrogen) atoms. The third-order valence-electron chi connectivity index (χ3n) is 13.1. The van der Waals surface area contributed by atoms with Crippen LogP contribution >= 0.6 is 0 Å². The van der Waals surface area contributed by atoms with Gasteiger partial charge in [0.1, 0.15) is 0 Å². The van der Waals surface area contributed by atoms with E-state index in [1.165, 1.54) is 200 Å². The number of hydrogen-bond acceptors (Lipinski definition) is 7.